The van der Waals surface area contributed by atoms with Gasteiger partial charge >= 0.3 is 0 Å². The molecule has 0 aliphatic carbocycles. The van der Waals surface area contributed by atoms with E-state index in [1.54, 1.807) is 18.5 Å². The molecule has 0 saturated carbocycles. The SMILES string of the molecule is CCNC(=NCCC(=O)NC1CCS(=O)(=O)C1)N1CCN(c2ncccn2)CC1. The molecule has 1 unspecified atom stereocenters. The largest absolute Gasteiger partial charge is 0.357 e. The van der Waals surface area contributed by atoms with Crippen molar-refractivity contribution >= 4 is 27.7 Å². The Hall–Kier alpha value is -2.43. The number of rotatable bonds is 6. The highest BCUT2D eigenvalue weighted by atomic mass is 32.2. The lowest BCUT2D eigenvalue weighted by Gasteiger charge is -2.36. The summed E-state index contributed by atoms with van der Waals surface area (Å²) in [6, 6.07) is 1.54. The van der Waals surface area contributed by atoms with Crippen molar-refractivity contribution in [2.24, 2.45) is 4.99 Å². The second kappa shape index (κ2) is 9.86. The van der Waals surface area contributed by atoms with Crippen LogP contribution < -0.4 is 15.5 Å². The molecule has 0 aromatic carbocycles. The third-order valence-electron chi connectivity index (χ3n) is 4.95. The average molecular weight is 424 g/mol. The first-order valence-corrected chi connectivity index (χ1v) is 11.8. The van der Waals surface area contributed by atoms with Crippen LogP contribution in [-0.4, -0.2) is 92.0 Å². The molecule has 29 heavy (non-hydrogen) atoms. The zero-order valence-electron chi connectivity index (χ0n) is 16.7. The Labute approximate surface area is 171 Å². The summed E-state index contributed by atoms with van der Waals surface area (Å²) in [5.41, 5.74) is 0. The summed E-state index contributed by atoms with van der Waals surface area (Å²) < 4.78 is 23.0. The first-order chi connectivity index (χ1) is 14.0. The van der Waals surface area contributed by atoms with Gasteiger partial charge in [-0.15, -0.1) is 0 Å². The van der Waals surface area contributed by atoms with Crippen LogP contribution in [0.4, 0.5) is 5.95 Å². The van der Waals surface area contributed by atoms with Crippen LogP contribution in [0.25, 0.3) is 0 Å². The lowest BCUT2D eigenvalue weighted by molar-refractivity contribution is -0.121. The van der Waals surface area contributed by atoms with Crippen LogP contribution in [0, 0.1) is 0 Å². The van der Waals surface area contributed by atoms with Gasteiger partial charge in [0.25, 0.3) is 0 Å². The molecule has 3 heterocycles. The number of amides is 1. The van der Waals surface area contributed by atoms with Gasteiger partial charge in [-0.05, 0) is 19.4 Å². The van der Waals surface area contributed by atoms with Gasteiger partial charge in [0.15, 0.2) is 15.8 Å². The minimum absolute atomic E-state index is 0.0417. The Bertz CT molecular complexity index is 808. The third kappa shape index (κ3) is 6.28. The van der Waals surface area contributed by atoms with E-state index in [1.807, 2.05) is 6.92 Å². The van der Waals surface area contributed by atoms with Crippen molar-refractivity contribution in [1.29, 1.82) is 0 Å². The summed E-state index contributed by atoms with van der Waals surface area (Å²) >= 11 is 0. The monoisotopic (exact) mass is 423 g/mol. The summed E-state index contributed by atoms with van der Waals surface area (Å²) in [4.78, 5) is 29.6. The third-order valence-corrected chi connectivity index (χ3v) is 6.72. The summed E-state index contributed by atoms with van der Waals surface area (Å²) in [5, 5.41) is 6.08. The molecule has 1 aromatic rings. The molecule has 1 aromatic heterocycles. The second-order valence-corrected chi connectivity index (χ2v) is 9.40. The number of carbonyl (C=O) groups is 1. The zero-order valence-corrected chi connectivity index (χ0v) is 17.6. The van der Waals surface area contributed by atoms with E-state index in [2.05, 4.69) is 35.4 Å². The Kier molecular flexibility index (Phi) is 7.24. The van der Waals surface area contributed by atoms with Gasteiger partial charge in [-0.25, -0.2) is 18.4 Å². The number of aliphatic imine (C=N–C) groups is 1. The van der Waals surface area contributed by atoms with Gasteiger partial charge in [-0.3, -0.25) is 9.79 Å². The van der Waals surface area contributed by atoms with E-state index in [0.29, 0.717) is 13.0 Å². The molecule has 2 N–H and O–H groups in total. The number of sulfone groups is 1. The summed E-state index contributed by atoms with van der Waals surface area (Å²) in [6.45, 7) is 6.28. The maximum absolute atomic E-state index is 12.1. The number of hydrogen-bond acceptors (Lipinski definition) is 7. The van der Waals surface area contributed by atoms with Crippen molar-refractivity contribution < 1.29 is 13.2 Å². The topological polar surface area (TPSA) is 120 Å². The second-order valence-electron chi connectivity index (χ2n) is 7.18. The Morgan fingerprint density at radius 1 is 1.24 bits per heavy atom. The van der Waals surface area contributed by atoms with E-state index < -0.39 is 9.84 Å². The van der Waals surface area contributed by atoms with Gasteiger partial charge in [-0.1, -0.05) is 0 Å². The molecule has 0 bridgehead atoms. The molecule has 3 rings (SSSR count). The molecule has 11 heteroatoms. The highest BCUT2D eigenvalue weighted by molar-refractivity contribution is 7.91. The van der Waals surface area contributed by atoms with Crippen LogP contribution >= 0.6 is 0 Å². The van der Waals surface area contributed by atoms with Gasteiger partial charge in [-0.2, -0.15) is 0 Å². The van der Waals surface area contributed by atoms with Gasteiger partial charge in [0, 0.05) is 57.6 Å². The van der Waals surface area contributed by atoms with Gasteiger partial charge in [0.1, 0.15) is 0 Å². The van der Waals surface area contributed by atoms with Gasteiger partial charge in [0.05, 0.1) is 18.1 Å². The van der Waals surface area contributed by atoms with Gasteiger partial charge in [0.2, 0.25) is 11.9 Å². The fourth-order valence-corrected chi connectivity index (χ4v) is 5.14. The normalized spacial score (nSPS) is 21.8. The van der Waals surface area contributed by atoms with Crippen molar-refractivity contribution in [3.05, 3.63) is 18.5 Å². The molecule has 1 atom stereocenters. The summed E-state index contributed by atoms with van der Waals surface area (Å²) in [7, 11) is -2.99. The summed E-state index contributed by atoms with van der Waals surface area (Å²) in [5.74, 6) is 1.57. The van der Waals surface area contributed by atoms with Crippen LogP contribution in [-0.2, 0) is 14.6 Å². The maximum Gasteiger partial charge on any atom is 0.225 e. The molecule has 0 spiro atoms. The van der Waals surface area contributed by atoms with Crippen LogP contribution in [0.15, 0.2) is 23.5 Å². The van der Waals surface area contributed by atoms with E-state index >= 15 is 0 Å². The maximum atomic E-state index is 12.1. The Morgan fingerprint density at radius 2 is 1.97 bits per heavy atom. The highest BCUT2D eigenvalue weighted by Gasteiger charge is 2.28. The molecule has 1 amide bonds. The van der Waals surface area contributed by atoms with E-state index in [-0.39, 0.29) is 29.9 Å². The predicted octanol–water partition coefficient (Wildman–Crippen LogP) is -0.742. The smallest absolute Gasteiger partial charge is 0.225 e. The van der Waals surface area contributed by atoms with E-state index in [1.165, 1.54) is 0 Å². The lowest BCUT2D eigenvalue weighted by atomic mass is 10.2. The van der Waals surface area contributed by atoms with Crippen molar-refractivity contribution in [1.82, 2.24) is 25.5 Å². The number of aromatic nitrogens is 2. The van der Waals surface area contributed by atoms with Crippen LogP contribution in [0.2, 0.25) is 0 Å². The predicted molar refractivity (Wildman–Crippen MR) is 112 cm³/mol. The summed E-state index contributed by atoms with van der Waals surface area (Å²) in [6.07, 6.45) is 4.22. The Morgan fingerprint density at radius 3 is 2.59 bits per heavy atom. The molecule has 2 saturated heterocycles. The molecule has 2 aliphatic heterocycles. The molecule has 10 nitrogen and oxygen atoms in total. The number of carbonyl (C=O) groups excluding carboxylic acids is 1. The number of guanidine groups is 1. The number of nitrogens with one attached hydrogen (secondary N) is 2. The van der Waals surface area contributed by atoms with Crippen molar-refractivity contribution in [3.8, 4) is 0 Å². The molecule has 2 aliphatic rings. The van der Waals surface area contributed by atoms with Crippen molar-refractivity contribution in [3.63, 3.8) is 0 Å². The molecule has 0 radical (unpaired) electrons. The van der Waals surface area contributed by atoms with E-state index in [0.717, 1.165) is 44.6 Å². The molecule has 2 fully saturated rings. The van der Waals surface area contributed by atoms with Gasteiger partial charge < -0.3 is 20.4 Å². The first kappa shape index (κ1) is 21.3. The van der Waals surface area contributed by atoms with Crippen LogP contribution in [0.1, 0.15) is 19.8 Å². The lowest BCUT2D eigenvalue weighted by Crippen LogP contribution is -2.53. The number of nitrogens with zero attached hydrogens (tertiary/aromatic N) is 5. The number of piperazine rings is 1. The fourth-order valence-electron chi connectivity index (χ4n) is 3.47. The number of hydrogen-bond donors (Lipinski definition) is 2. The van der Waals surface area contributed by atoms with E-state index in [9.17, 15) is 13.2 Å². The number of anilines is 1. The average Bonchev–Trinajstić information content (AvgIpc) is 3.06. The van der Waals surface area contributed by atoms with E-state index in [4.69, 9.17) is 0 Å². The fraction of sp³-hybridized carbons (Fsp3) is 0.667. The minimum Gasteiger partial charge on any atom is -0.357 e. The standard InChI is InChI=1S/C18H29N7O3S/c1-2-19-17(22-8-4-16(26)23-15-5-13-29(27,28)14-15)24-9-11-25(12-10-24)18-20-6-3-7-21-18/h3,6-7,15H,2,4-5,8-14H2,1H3,(H,19,22)(H,23,26). The van der Waals surface area contributed by atoms with Crippen molar-refractivity contribution in [2.75, 3.05) is 55.7 Å². The van der Waals surface area contributed by atoms with Crippen molar-refractivity contribution in [2.45, 2.75) is 25.8 Å². The molecular formula is C18H29N7O3S. The highest BCUT2D eigenvalue weighted by Crippen LogP contribution is 2.12. The minimum atomic E-state index is -2.99. The zero-order chi connectivity index (χ0) is 20.7. The first-order valence-electron chi connectivity index (χ1n) is 10.0. The molecular weight excluding hydrogens is 394 g/mol. The van der Waals surface area contributed by atoms with Crippen LogP contribution in [0.5, 0.6) is 0 Å². The molecule has 160 valence electrons. The Balaban J connectivity index is 1.46. The van der Waals surface area contributed by atoms with Crippen LogP contribution in [0.3, 0.4) is 0 Å². The quantitative estimate of drug-likeness (QED) is 0.453.